The second kappa shape index (κ2) is 10.3. The molecule has 0 saturated carbocycles. The van der Waals surface area contributed by atoms with Crippen LogP contribution in [0.5, 0.6) is 5.75 Å². The van der Waals surface area contributed by atoms with Crippen molar-refractivity contribution in [1.82, 2.24) is 15.2 Å². The second-order valence-electron chi connectivity index (χ2n) is 5.93. The Kier molecular flexibility index (Phi) is 8.77. The van der Waals surface area contributed by atoms with Crippen LogP contribution in [0, 0.1) is 19.7 Å². The van der Waals surface area contributed by atoms with Gasteiger partial charge in [-0.05, 0) is 31.5 Å². The van der Waals surface area contributed by atoms with E-state index >= 15 is 0 Å². The van der Waals surface area contributed by atoms with Gasteiger partial charge in [0.15, 0.2) is 5.96 Å². The third-order valence-electron chi connectivity index (χ3n) is 4.07. The summed E-state index contributed by atoms with van der Waals surface area (Å²) in [6.07, 6.45) is 1.81. The molecule has 1 aromatic heterocycles. The van der Waals surface area contributed by atoms with Crippen molar-refractivity contribution < 1.29 is 9.13 Å². The number of aryl methyl sites for hydroxylation is 1. The summed E-state index contributed by atoms with van der Waals surface area (Å²) >= 11 is 0. The lowest BCUT2D eigenvalue weighted by Gasteiger charge is -2.22. The Labute approximate surface area is 171 Å². The van der Waals surface area contributed by atoms with Crippen LogP contribution in [0.1, 0.15) is 22.4 Å². The van der Waals surface area contributed by atoms with E-state index in [0.29, 0.717) is 13.1 Å². The topological polar surface area (TPSA) is 49.8 Å². The molecule has 1 heterocycles. The van der Waals surface area contributed by atoms with Gasteiger partial charge in [0.05, 0.1) is 19.3 Å². The van der Waals surface area contributed by atoms with Crippen molar-refractivity contribution in [1.29, 1.82) is 0 Å². The summed E-state index contributed by atoms with van der Waals surface area (Å²) in [5, 5.41) is 3.31. The van der Waals surface area contributed by atoms with Gasteiger partial charge in [0.25, 0.3) is 0 Å². The molecule has 0 aliphatic heterocycles. The van der Waals surface area contributed by atoms with Crippen LogP contribution in [0.3, 0.4) is 0 Å². The zero-order valence-corrected chi connectivity index (χ0v) is 18.2. The van der Waals surface area contributed by atoms with E-state index in [1.807, 2.05) is 32.0 Å². The van der Waals surface area contributed by atoms with Crippen LogP contribution in [0.4, 0.5) is 4.39 Å². The van der Waals surface area contributed by atoms with E-state index in [9.17, 15) is 4.39 Å². The van der Waals surface area contributed by atoms with Crippen LogP contribution in [0.2, 0.25) is 0 Å². The highest BCUT2D eigenvalue weighted by Gasteiger charge is 2.12. The maximum absolute atomic E-state index is 13.0. The summed E-state index contributed by atoms with van der Waals surface area (Å²) in [4.78, 5) is 10.8. The average Bonchev–Trinajstić information content (AvgIpc) is 2.59. The van der Waals surface area contributed by atoms with Crippen molar-refractivity contribution in [3.8, 4) is 5.75 Å². The Morgan fingerprint density at radius 3 is 2.50 bits per heavy atom. The molecule has 0 atom stereocenters. The Morgan fingerprint density at radius 1 is 1.27 bits per heavy atom. The first-order valence-corrected chi connectivity index (χ1v) is 8.11. The second-order valence-corrected chi connectivity index (χ2v) is 5.93. The van der Waals surface area contributed by atoms with Crippen LogP contribution in [-0.2, 0) is 13.1 Å². The molecule has 0 saturated heterocycles. The predicted octanol–water partition coefficient (Wildman–Crippen LogP) is 3.67. The fraction of sp³-hybridized carbons (Fsp3) is 0.368. The van der Waals surface area contributed by atoms with Crippen molar-refractivity contribution in [3.63, 3.8) is 0 Å². The predicted molar refractivity (Wildman–Crippen MR) is 114 cm³/mol. The standard InChI is InChI=1S/C19H25FN4O.HI/c1-13-10-22-17(14(2)18(13)25-5)11-23-19(21-3)24(4)12-15-6-8-16(20)9-7-15;/h6-10H,11-12H2,1-5H3,(H,21,23);1H. The normalized spacial score (nSPS) is 10.9. The van der Waals surface area contributed by atoms with Crippen LogP contribution < -0.4 is 10.1 Å². The number of ether oxygens (including phenoxy) is 1. The summed E-state index contributed by atoms with van der Waals surface area (Å²) < 4.78 is 18.5. The van der Waals surface area contributed by atoms with Gasteiger partial charge < -0.3 is 15.0 Å². The average molecular weight is 472 g/mol. The molecule has 0 aliphatic carbocycles. The summed E-state index contributed by atoms with van der Waals surface area (Å²) in [6.45, 7) is 5.15. The first-order chi connectivity index (χ1) is 12.0. The van der Waals surface area contributed by atoms with E-state index in [1.54, 1.807) is 26.3 Å². The molecule has 7 heteroatoms. The molecule has 1 N–H and O–H groups in total. The van der Waals surface area contributed by atoms with Crippen molar-refractivity contribution in [3.05, 3.63) is 58.7 Å². The third-order valence-corrected chi connectivity index (χ3v) is 4.07. The van der Waals surface area contributed by atoms with Crippen LogP contribution >= 0.6 is 24.0 Å². The minimum atomic E-state index is -0.233. The van der Waals surface area contributed by atoms with Gasteiger partial charge in [0, 0.05) is 38.0 Å². The van der Waals surface area contributed by atoms with Crippen molar-refractivity contribution in [2.45, 2.75) is 26.9 Å². The smallest absolute Gasteiger partial charge is 0.194 e. The quantitative estimate of drug-likeness (QED) is 0.410. The fourth-order valence-electron chi connectivity index (χ4n) is 2.74. The molecule has 0 spiro atoms. The Bertz CT molecular complexity index is 750. The monoisotopic (exact) mass is 472 g/mol. The lowest BCUT2D eigenvalue weighted by Crippen LogP contribution is -2.38. The highest BCUT2D eigenvalue weighted by atomic mass is 127. The van der Waals surface area contributed by atoms with Gasteiger partial charge in [-0.15, -0.1) is 24.0 Å². The number of aromatic nitrogens is 1. The molecule has 0 bridgehead atoms. The SMILES string of the molecule is CN=C(NCc1ncc(C)c(OC)c1C)N(C)Cc1ccc(F)cc1.I. The van der Waals surface area contributed by atoms with Crippen molar-refractivity contribution in [2.75, 3.05) is 21.2 Å². The van der Waals surface area contributed by atoms with E-state index in [4.69, 9.17) is 4.74 Å². The molecule has 2 aromatic rings. The first kappa shape index (κ1) is 22.1. The summed E-state index contributed by atoms with van der Waals surface area (Å²) in [5.74, 6) is 1.37. The lowest BCUT2D eigenvalue weighted by molar-refractivity contribution is 0.406. The van der Waals surface area contributed by atoms with Gasteiger partial charge in [0.2, 0.25) is 0 Å². The summed E-state index contributed by atoms with van der Waals surface area (Å²) in [5.41, 5.74) is 3.96. The van der Waals surface area contributed by atoms with E-state index in [1.165, 1.54) is 12.1 Å². The zero-order valence-electron chi connectivity index (χ0n) is 15.8. The molecule has 0 aliphatic rings. The molecular weight excluding hydrogens is 446 g/mol. The third kappa shape index (κ3) is 5.55. The van der Waals surface area contributed by atoms with Crippen molar-refractivity contribution >= 4 is 29.9 Å². The van der Waals surface area contributed by atoms with Gasteiger partial charge in [-0.2, -0.15) is 0 Å². The minimum absolute atomic E-state index is 0. The van der Waals surface area contributed by atoms with Gasteiger partial charge >= 0.3 is 0 Å². The zero-order chi connectivity index (χ0) is 18.4. The fourth-order valence-corrected chi connectivity index (χ4v) is 2.74. The number of aliphatic imine (C=N–C) groups is 1. The number of halogens is 2. The number of nitrogens with one attached hydrogen (secondary N) is 1. The van der Waals surface area contributed by atoms with Gasteiger partial charge in [-0.1, -0.05) is 12.1 Å². The number of benzene rings is 1. The number of guanidine groups is 1. The Hall–Kier alpha value is -1.90. The number of hydrogen-bond donors (Lipinski definition) is 1. The summed E-state index contributed by atoms with van der Waals surface area (Å²) in [6, 6.07) is 6.47. The molecule has 0 unspecified atom stereocenters. The van der Waals surface area contributed by atoms with Crippen LogP contribution in [-0.4, -0.2) is 37.0 Å². The van der Waals surface area contributed by atoms with E-state index < -0.39 is 0 Å². The molecule has 26 heavy (non-hydrogen) atoms. The number of rotatable bonds is 5. The van der Waals surface area contributed by atoms with Gasteiger partial charge in [-0.25, -0.2) is 4.39 Å². The molecule has 0 fully saturated rings. The number of methoxy groups -OCH3 is 1. The number of nitrogens with zero attached hydrogens (tertiary/aromatic N) is 3. The summed E-state index contributed by atoms with van der Waals surface area (Å²) in [7, 11) is 5.34. The van der Waals surface area contributed by atoms with Crippen LogP contribution in [0.15, 0.2) is 35.5 Å². The largest absolute Gasteiger partial charge is 0.496 e. The highest BCUT2D eigenvalue weighted by molar-refractivity contribution is 14.0. The first-order valence-electron chi connectivity index (χ1n) is 8.11. The maximum Gasteiger partial charge on any atom is 0.194 e. The minimum Gasteiger partial charge on any atom is -0.496 e. The van der Waals surface area contributed by atoms with E-state index in [2.05, 4.69) is 15.3 Å². The number of pyridine rings is 1. The molecule has 2 rings (SSSR count). The molecular formula is C19H26FIN4O. The van der Waals surface area contributed by atoms with E-state index in [-0.39, 0.29) is 29.8 Å². The van der Waals surface area contributed by atoms with Gasteiger partial charge in [-0.3, -0.25) is 9.98 Å². The maximum atomic E-state index is 13.0. The van der Waals surface area contributed by atoms with E-state index in [0.717, 1.165) is 34.1 Å². The van der Waals surface area contributed by atoms with Gasteiger partial charge in [0.1, 0.15) is 11.6 Å². The van der Waals surface area contributed by atoms with Crippen molar-refractivity contribution in [2.24, 2.45) is 4.99 Å². The number of hydrogen-bond acceptors (Lipinski definition) is 3. The molecule has 1 aromatic carbocycles. The molecule has 0 radical (unpaired) electrons. The molecule has 0 amide bonds. The lowest BCUT2D eigenvalue weighted by atomic mass is 10.1. The molecule has 142 valence electrons. The Morgan fingerprint density at radius 2 is 1.92 bits per heavy atom. The molecule has 5 nitrogen and oxygen atoms in total. The van der Waals surface area contributed by atoms with Crippen LogP contribution in [0.25, 0.3) is 0 Å². The Balaban J connectivity index is 0.00000338. The highest BCUT2D eigenvalue weighted by Crippen LogP contribution is 2.23.